The number of hydrogen-bond acceptors (Lipinski definition) is 3. The van der Waals surface area contributed by atoms with Crippen molar-refractivity contribution in [2.75, 3.05) is 0 Å². The van der Waals surface area contributed by atoms with Gasteiger partial charge in [0.15, 0.2) is 5.54 Å². The van der Waals surface area contributed by atoms with E-state index in [1.165, 1.54) is 12.3 Å². The molecule has 0 radical (unpaired) electrons. The Morgan fingerprint density at radius 3 is 2.25 bits per heavy atom. The summed E-state index contributed by atoms with van der Waals surface area (Å²) in [4.78, 5) is 13.3. The Labute approximate surface area is 227 Å². The fourth-order valence-corrected chi connectivity index (χ4v) is 7.07. The van der Waals surface area contributed by atoms with Crippen LogP contribution >= 0.6 is 0 Å². The van der Waals surface area contributed by atoms with Crippen molar-refractivity contribution in [3.63, 3.8) is 0 Å². The van der Waals surface area contributed by atoms with Crippen molar-refractivity contribution >= 4 is 21.5 Å². The van der Waals surface area contributed by atoms with E-state index in [0.717, 1.165) is 24.3 Å². The molecule has 0 saturated heterocycles. The number of alkyl halides is 6. The maximum atomic E-state index is 15.6. The number of benzene rings is 1. The van der Waals surface area contributed by atoms with E-state index in [4.69, 9.17) is 0 Å². The average Bonchev–Trinajstić information content (AvgIpc) is 3.57. The predicted octanol–water partition coefficient (Wildman–Crippen LogP) is 7.05. The Kier molecular flexibility index (Phi) is 7.94. The standard InChI is InChI=1S/C27H29F7N2O3S/c1-17(2)35-12-10-19(16-35)20-14-24(37)36(40(38,39)21-7-8-21)25(15-20,27(32,33)34)22-9-6-18(13-23(22)28)5-3-4-11-26(29,30)31/h6,9-10,12-14,16-17,21H,3-5,7-8,11,15H2,1-2H3. The molecule has 13 heteroatoms. The van der Waals surface area contributed by atoms with Crippen LogP contribution in [0.5, 0.6) is 0 Å². The van der Waals surface area contributed by atoms with Crippen LogP contribution in [0.15, 0.2) is 42.7 Å². The molecule has 5 nitrogen and oxygen atoms in total. The first-order valence-corrected chi connectivity index (χ1v) is 14.4. The second-order valence-electron chi connectivity index (χ2n) is 10.6. The topological polar surface area (TPSA) is 59.4 Å². The Hall–Kier alpha value is -2.83. The maximum Gasteiger partial charge on any atom is 0.417 e. The molecule has 2 heterocycles. The van der Waals surface area contributed by atoms with Gasteiger partial charge in [-0.15, -0.1) is 0 Å². The molecule has 1 saturated carbocycles. The zero-order valence-corrected chi connectivity index (χ0v) is 22.6. The number of sulfonamides is 1. The van der Waals surface area contributed by atoms with Crippen molar-refractivity contribution in [3.05, 3.63) is 65.2 Å². The van der Waals surface area contributed by atoms with Gasteiger partial charge in [0.2, 0.25) is 10.0 Å². The lowest BCUT2D eigenvalue weighted by molar-refractivity contribution is -0.222. The van der Waals surface area contributed by atoms with Gasteiger partial charge >= 0.3 is 12.4 Å². The minimum atomic E-state index is -5.42. The van der Waals surface area contributed by atoms with Gasteiger partial charge in [0.25, 0.3) is 5.91 Å². The zero-order valence-electron chi connectivity index (χ0n) is 21.8. The van der Waals surface area contributed by atoms with Crippen LogP contribution in [0.4, 0.5) is 30.7 Å². The second-order valence-corrected chi connectivity index (χ2v) is 12.7. The lowest BCUT2D eigenvalue weighted by atomic mass is 9.78. The molecule has 1 aromatic heterocycles. The van der Waals surface area contributed by atoms with E-state index in [1.807, 2.05) is 13.8 Å². The van der Waals surface area contributed by atoms with Crippen LogP contribution in [0, 0.1) is 5.82 Å². The minimum Gasteiger partial charge on any atom is -0.351 e. The molecule has 1 unspecified atom stereocenters. The van der Waals surface area contributed by atoms with Crippen LogP contribution in [0.2, 0.25) is 0 Å². The van der Waals surface area contributed by atoms with Crippen molar-refractivity contribution in [1.82, 2.24) is 8.87 Å². The van der Waals surface area contributed by atoms with Gasteiger partial charge in [-0.05, 0) is 74.8 Å². The Balaban J connectivity index is 1.81. The molecule has 1 aliphatic heterocycles. The fraction of sp³-hybridized carbons (Fsp3) is 0.519. The highest BCUT2D eigenvalue weighted by atomic mass is 32.2. The number of nitrogens with zero attached hydrogens (tertiary/aromatic N) is 2. The number of halogens is 7. The molecule has 1 amide bonds. The summed E-state index contributed by atoms with van der Waals surface area (Å²) in [6.07, 6.45) is -7.96. The van der Waals surface area contributed by atoms with E-state index in [0.29, 0.717) is 0 Å². The summed E-state index contributed by atoms with van der Waals surface area (Å²) in [7, 11) is -4.81. The van der Waals surface area contributed by atoms with Gasteiger partial charge in [0.1, 0.15) is 5.82 Å². The third kappa shape index (κ3) is 5.80. The summed E-state index contributed by atoms with van der Waals surface area (Å²) in [5.41, 5.74) is -4.27. The van der Waals surface area contributed by atoms with Gasteiger partial charge in [-0.3, -0.25) is 4.79 Å². The van der Waals surface area contributed by atoms with Gasteiger partial charge in [-0.1, -0.05) is 12.1 Å². The van der Waals surface area contributed by atoms with Crippen LogP contribution < -0.4 is 0 Å². The lowest BCUT2D eigenvalue weighted by Crippen LogP contribution is -2.62. The highest BCUT2D eigenvalue weighted by Gasteiger charge is 2.68. The van der Waals surface area contributed by atoms with E-state index in [1.54, 1.807) is 10.8 Å². The highest BCUT2D eigenvalue weighted by Crippen LogP contribution is 2.55. The number of amides is 1. The highest BCUT2D eigenvalue weighted by molar-refractivity contribution is 7.90. The molecule has 2 aliphatic rings. The van der Waals surface area contributed by atoms with E-state index in [9.17, 15) is 26.4 Å². The van der Waals surface area contributed by atoms with Crippen molar-refractivity contribution in [1.29, 1.82) is 0 Å². The molecule has 2 aromatic rings. The van der Waals surface area contributed by atoms with Gasteiger partial charge in [0, 0.05) is 42.9 Å². The molecule has 40 heavy (non-hydrogen) atoms. The first-order valence-electron chi connectivity index (χ1n) is 12.9. The number of unbranched alkanes of at least 4 members (excludes halogenated alkanes) is 1. The molecule has 4 rings (SSSR count). The van der Waals surface area contributed by atoms with Gasteiger partial charge in [0.05, 0.1) is 5.25 Å². The average molecular weight is 595 g/mol. The fourth-order valence-electron chi connectivity index (χ4n) is 5.04. The Bertz CT molecular complexity index is 1410. The Morgan fingerprint density at radius 2 is 1.73 bits per heavy atom. The van der Waals surface area contributed by atoms with E-state index >= 15 is 17.6 Å². The van der Waals surface area contributed by atoms with Crippen molar-refractivity contribution in [2.24, 2.45) is 0 Å². The number of hydrogen-bond donors (Lipinski definition) is 0. The normalized spacial score (nSPS) is 20.8. The van der Waals surface area contributed by atoms with Crippen LogP contribution in [-0.4, -0.2) is 40.8 Å². The number of aryl methyl sites for hydroxylation is 1. The summed E-state index contributed by atoms with van der Waals surface area (Å²) >= 11 is 0. The molecule has 1 fully saturated rings. The molecule has 0 bridgehead atoms. The van der Waals surface area contributed by atoms with E-state index in [2.05, 4.69) is 0 Å². The number of rotatable bonds is 9. The van der Waals surface area contributed by atoms with Crippen molar-refractivity contribution in [3.8, 4) is 0 Å². The van der Waals surface area contributed by atoms with Gasteiger partial charge < -0.3 is 4.57 Å². The second kappa shape index (κ2) is 10.5. The van der Waals surface area contributed by atoms with Crippen LogP contribution in [-0.2, 0) is 26.8 Å². The summed E-state index contributed by atoms with van der Waals surface area (Å²) in [6.45, 7) is 3.68. The molecule has 0 spiro atoms. The molecule has 1 atom stereocenters. The summed E-state index contributed by atoms with van der Waals surface area (Å²) in [5, 5.41) is -1.19. The molecular weight excluding hydrogens is 565 g/mol. The molecule has 1 aromatic carbocycles. The summed E-state index contributed by atoms with van der Waals surface area (Å²) in [6, 6.07) is 4.17. The first-order chi connectivity index (χ1) is 18.5. The van der Waals surface area contributed by atoms with Crippen LogP contribution in [0.25, 0.3) is 5.57 Å². The molecule has 1 aliphatic carbocycles. The summed E-state index contributed by atoms with van der Waals surface area (Å²) < 4.78 is 127. The SMILES string of the molecule is CC(C)n1ccc(C2=CC(=O)N(S(=O)(=O)C3CC3)C(c3ccc(CCCCC(F)(F)F)cc3F)(C(F)(F)F)C2)c1. The molecule has 0 N–H and O–H groups in total. The predicted molar refractivity (Wildman–Crippen MR) is 134 cm³/mol. The molecule has 220 valence electrons. The third-order valence-electron chi connectivity index (χ3n) is 7.30. The largest absolute Gasteiger partial charge is 0.417 e. The zero-order chi connectivity index (χ0) is 29.7. The first kappa shape index (κ1) is 30.1. The molecular formula is C27H29F7N2O3S. The van der Waals surface area contributed by atoms with Gasteiger partial charge in [-0.2, -0.15) is 26.3 Å². The number of aromatic nitrogens is 1. The van der Waals surface area contributed by atoms with E-state index in [-0.39, 0.29) is 59.2 Å². The smallest absolute Gasteiger partial charge is 0.351 e. The third-order valence-corrected chi connectivity index (χ3v) is 9.61. The van der Waals surface area contributed by atoms with Crippen molar-refractivity contribution in [2.45, 2.75) is 88.0 Å². The van der Waals surface area contributed by atoms with Crippen molar-refractivity contribution < 1.29 is 43.9 Å². The minimum absolute atomic E-state index is 0.0170. The van der Waals surface area contributed by atoms with Crippen LogP contribution in [0.1, 0.15) is 75.1 Å². The number of carbonyl (C=O) groups excluding carboxylic acids is 1. The quantitative estimate of drug-likeness (QED) is 0.231. The Morgan fingerprint density at radius 1 is 1.05 bits per heavy atom. The lowest BCUT2D eigenvalue weighted by Gasteiger charge is -2.46. The number of carbonyl (C=O) groups is 1. The van der Waals surface area contributed by atoms with E-state index < -0.39 is 63.3 Å². The van der Waals surface area contributed by atoms with Crippen LogP contribution in [0.3, 0.4) is 0 Å². The monoisotopic (exact) mass is 594 g/mol. The summed E-state index contributed by atoms with van der Waals surface area (Å²) in [5.74, 6) is -2.81. The maximum absolute atomic E-state index is 15.6. The van der Waals surface area contributed by atoms with Gasteiger partial charge in [-0.25, -0.2) is 17.1 Å².